The second-order valence-electron chi connectivity index (χ2n) is 8.00. The second kappa shape index (κ2) is 9.84. The number of aliphatic hydroxyl groups excluding tert-OH is 1. The average Bonchev–Trinajstić information content (AvgIpc) is 3.11. The third kappa shape index (κ3) is 5.80. The molecule has 1 unspecified atom stereocenters. The molecule has 3 amide bonds. The van der Waals surface area contributed by atoms with E-state index in [1.807, 2.05) is 0 Å². The third-order valence-electron chi connectivity index (χ3n) is 5.25. The number of carbonyl (C=O) groups excluding carboxylic acids is 2. The summed E-state index contributed by atoms with van der Waals surface area (Å²) in [5.74, 6) is -1.96. The molecule has 1 atom stereocenters. The number of rotatable bonds is 5. The van der Waals surface area contributed by atoms with E-state index in [0.717, 1.165) is 36.2 Å². The van der Waals surface area contributed by atoms with Crippen molar-refractivity contribution >= 4 is 23.5 Å². The maximum atomic E-state index is 13.9. The van der Waals surface area contributed by atoms with Gasteiger partial charge in [-0.2, -0.15) is 26.3 Å². The molecule has 0 saturated carbocycles. The van der Waals surface area contributed by atoms with Gasteiger partial charge in [-0.3, -0.25) is 9.80 Å². The minimum absolute atomic E-state index is 0.0174. The molecule has 0 spiro atoms. The molecular weight excluding hydrogens is 503 g/mol. The van der Waals surface area contributed by atoms with Gasteiger partial charge >= 0.3 is 24.5 Å². The van der Waals surface area contributed by atoms with Gasteiger partial charge in [-0.1, -0.05) is 0 Å². The molecule has 1 N–H and O–H groups in total. The SMILES string of the molecule is CC(O)CN1CCN(c2cc(C(F)(F)F)cc(C(F)(F)F)c2OC(=O)N(C)c2ccc(F)cc2)C1=O. The minimum Gasteiger partial charge on any atom is -0.407 e. The van der Waals surface area contributed by atoms with E-state index in [1.54, 1.807) is 0 Å². The van der Waals surface area contributed by atoms with E-state index in [2.05, 4.69) is 0 Å². The zero-order valence-corrected chi connectivity index (χ0v) is 18.8. The highest BCUT2D eigenvalue weighted by Gasteiger charge is 2.44. The Morgan fingerprint density at radius 1 is 1.08 bits per heavy atom. The molecule has 1 fully saturated rings. The van der Waals surface area contributed by atoms with Gasteiger partial charge < -0.3 is 14.7 Å². The third-order valence-corrected chi connectivity index (χ3v) is 5.25. The van der Waals surface area contributed by atoms with Crippen molar-refractivity contribution in [1.82, 2.24) is 4.90 Å². The van der Waals surface area contributed by atoms with Gasteiger partial charge in [0.1, 0.15) is 11.4 Å². The summed E-state index contributed by atoms with van der Waals surface area (Å²) in [6.45, 7) is 0.691. The van der Waals surface area contributed by atoms with E-state index >= 15 is 0 Å². The zero-order chi connectivity index (χ0) is 27.0. The lowest BCUT2D eigenvalue weighted by atomic mass is 10.1. The van der Waals surface area contributed by atoms with Crippen LogP contribution in [0.3, 0.4) is 0 Å². The van der Waals surface area contributed by atoms with Crippen LogP contribution in [0.1, 0.15) is 18.1 Å². The van der Waals surface area contributed by atoms with Crippen LogP contribution in [0.25, 0.3) is 0 Å². The fraction of sp³-hybridized carbons (Fsp3) is 0.364. The molecule has 0 aliphatic carbocycles. The second-order valence-corrected chi connectivity index (χ2v) is 8.00. The number of hydrogen-bond acceptors (Lipinski definition) is 4. The molecule has 1 aliphatic heterocycles. The minimum atomic E-state index is -5.40. The Morgan fingerprint density at radius 3 is 2.22 bits per heavy atom. The Labute approximate surface area is 200 Å². The first kappa shape index (κ1) is 27.0. The first-order chi connectivity index (χ1) is 16.6. The van der Waals surface area contributed by atoms with Gasteiger partial charge in [0.05, 0.1) is 17.4 Å². The molecule has 14 heteroatoms. The Hall–Kier alpha value is -3.55. The number of β-amino-alcohol motifs (C(OH)–C–C–N with tert-alkyl or cyclic N) is 1. The van der Waals surface area contributed by atoms with Gasteiger partial charge in [0.25, 0.3) is 0 Å². The number of ether oxygens (including phenoxy) is 1. The van der Waals surface area contributed by atoms with E-state index in [-0.39, 0.29) is 31.4 Å². The van der Waals surface area contributed by atoms with Gasteiger partial charge in [-0.05, 0) is 43.3 Å². The van der Waals surface area contributed by atoms with E-state index in [0.29, 0.717) is 15.9 Å². The normalized spacial score (nSPS) is 15.3. The monoisotopic (exact) mass is 523 g/mol. The van der Waals surface area contributed by atoms with Crippen LogP contribution in [0, 0.1) is 5.82 Å². The Morgan fingerprint density at radius 2 is 1.69 bits per heavy atom. The number of amides is 3. The molecule has 0 bridgehead atoms. The van der Waals surface area contributed by atoms with Gasteiger partial charge in [-0.25, -0.2) is 14.0 Å². The lowest BCUT2D eigenvalue weighted by Crippen LogP contribution is -2.37. The molecule has 2 aromatic rings. The van der Waals surface area contributed by atoms with Crippen molar-refractivity contribution < 1.29 is 50.2 Å². The highest BCUT2D eigenvalue weighted by molar-refractivity contribution is 5.97. The Kier molecular flexibility index (Phi) is 7.39. The predicted octanol–water partition coefficient (Wildman–Crippen LogP) is 5.12. The van der Waals surface area contributed by atoms with Crippen LogP contribution in [0.5, 0.6) is 5.75 Å². The summed E-state index contributed by atoms with van der Waals surface area (Å²) >= 11 is 0. The van der Waals surface area contributed by atoms with E-state index < -0.39 is 59.0 Å². The number of alkyl halides is 6. The zero-order valence-electron chi connectivity index (χ0n) is 18.8. The number of anilines is 2. The van der Waals surface area contributed by atoms with Crippen LogP contribution in [0.15, 0.2) is 36.4 Å². The van der Waals surface area contributed by atoms with Gasteiger partial charge in [-0.15, -0.1) is 0 Å². The van der Waals surface area contributed by atoms with Crippen LogP contribution in [0.4, 0.5) is 51.7 Å². The molecule has 3 rings (SSSR count). The summed E-state index contributed by atoms with van der Waals surface area (Å²) in [7, 11) is 1.10. The summed E-state index contributed by atoms with van der Waals surface area (Å²) in [6, 6.07) is 3.32. The molecule has 196 valence electrons. The van der Waals surface area contributed by atoms with Crippen molar-refractivity contribution in [3.05, 3.63) is 53.3 Å². The molecule has 1 heterocycles. The molecule has 1 aliphatic rings. The molecule has 36 heavy (non-hydrogen) atoms. The van der Waals surface area contributed by atoms with Crippen LogP contribution < -0.4 is 14.5 Å². The Bertz CT molecular complexity index is 1130. The van der Waals surface area contributed by atoms with Crippen molar-refractivity contribution in [2.24, 2.45) is 0 Å². The van der Waals surface area contributed by atoms with E-state index in [1.165, 1.54) is 6.92 Å². The van der Waals surface area contributed by atoms with Crippen LogP contribution >= 0.6 is 0 Å². The summed E-state index contributed by atoms with van der Waals surface area (Å²) in [5, 5.41) is 9.54. The van der Waals surface area contributed by atoms with Crippen LogP contribution in [0.2, 0.25) is 0 Å². The van der Waals surface area contributed by atoms with Crippen molar-refractivity contribution in [2.45, 2.75) is 25.4 Å². The molecule has 0 radical (unpaired) electrons. The van der Waals surface area contributed by atoms with Crippen molar-refractivity contribution in [3.8, 4) is 5.75 Å². The highest BCUT2D eigenvalue weighted by Crippen LogP contribution is 2.47. The average molecular weight is 523 g/mol. The maximum absolute atomic E-state index is 13.9. The van der Waals surface area contributed by atoms with Gasteiger partial charge in [0.15, 0.2) is 5.75 Å². The van der Waals surface area contributed by atoms with Crippen LogP contribution in [-0.4, -0.2) is 54.9 Å². The number of halogens is 7. The summed E-state index contributed by atoms with van der Waals surface area (Å²) in [4.78, 5) is 27.8. The van der Waals surface area contributed by atoms with Crippen molar-refractivity contribution in [3.63, 3.8) is 0 Å². The molecule has 1 saturated heterocycles. The van der Waals surface area contributed by atoms with E-state index in [9.17, 15) is 45.4 Å². The first-order valence-corrected chi connectivity index (χ1v) is 10.4. The standard InChI is InChI=1S/C22H20F7N3O4/c1-12(33)11-31-7-8-32(19(31)34)17-10-13(21(24,25)26)9-16(22(27,28)29)18(17)36-20(35)30(2)15-5-3-14(23)4-6-15/h3-6,9-10,12,33H,7-8,11H2,1-2H3. The number of carbonyl (C=O) groups is 2. The fourth-order valence-corrected chi connectivity index (χ4v) is 3.52. The molecule has 7 nitrogen and oxygen atoms in total. The number of nitrogens with zero attached hydrogens (tertiary/aromatic N) is 3. The Balaban J connectivity index is 2.12. The fourth-order valence-electron chi connectivity index (χ4n) is 3.52. The number of benzene rings is 2. The number of aliphatic hydroxyl groups is 1. The molecule has 2 aromatic carbocycles. The number of hydrogen-bond donors (Lipinski definition) is 1. The van der Waals surface area contributed by atoms with Crippen molar-refractivity contribution in [2.75, 3.05) is 36.5 Å². The largest absolute Gasteiger partial charge is 0.420 e. The van der Waals surface area contributed by atoms with Crippen molar-refractivity contribution in [1.29, 1.82) is 0 Å². The van der Waals surface area contributed by atoms with Gasteiger partial charge in [0, 0.05) is 32.4 Å². The topological polar surface area (TPSA) is 73.3 Å². The first-order valence-electron chi connectivity index (χ1n) is 10.4. The molecular formula is C22H20F7N3O4. The summed E-state index contributed by atoms with van der Waals surface area (Å²) in [5.41, 5.74) is -4.53. The van der Waals surface area contributed by atoms with Crippen LogP contribution in [-0.2, 0) is 12.4 Å². The maximum Gasteiger partial charge on any atom is 0.420 e. The molecule has 0 aromatic heterocycles. The van der Waals surface area contributed by atoms with Gasteiger partial charge in [0.2, 0.25) is 0 Å². The highest BCUT2D eigenvalue weighted by atomic mass is 19.4. The smallest absolute Gasteiger partial charge is 0.407 e. The quantitative estimate of drug-likeness (QED) is 0.553. The number of urea groups is 1. The summed E-state index contributed by atoms with van der Waals surface area (Å²) < 4.78 is 100. The van der Waals surface area contributed by atoms with E-state index in [4.69, 9.17) is 4.74 Å². The summed E-state index contributed by atoms with van der Waals surface area (Å²) in [6.07, 6.45) is -13.1. The predicted molar refractivity (Wildman–Crippen MR) is 113 cm³/mol. The lowest BCUT2D eigenvalue weighted by molar-refractivity contribution is -0.143. The lowest BCUT2D eigenvalue weighted by Gasteiger charge is -2.26.